The number of nitro groups is 1. The molecule has 0 saturated carbocycles. The van der Waals surface area contributed by atoms with Crippen molar-refractivity contribution in [3.8, 4) is 0 Å². The maximum Gasteiger partial charge on any atom is 0.407 e. The second kappa shape index (κ2) is 7.05. The van der Waals surface area contributed by atoms with Crippen LogP contribution < -0.4 is 10.2 Å². The SMILES string of the molecule is Cn1nc(N2CCC[C@@H](NC(=O)OC(C)(C)C)C2)c2cccc([N+](=O)[O-])c21. The first kappa shape index (κ1) is 18.9. The van der Waals surface area contributed by atoms with Crippen LogP contribution in [0.5, 0.6) is 0 Å². The second-order valence-corrected chi connectivity index (χ2v) is 7.81. The molecule has 0 unspecified atom stereocenters. The molecule has 1 aliphatic heterocycles. The summed E-state index contributed by atoms with van der Waals surface area (Å²) in [6.45, 7) is 6.83. The number of para-hydroxylation sites is 1. The Morgan fingerprint density at radius 1 is 1.41 bits per heavy atom. The Morgan fingerprint density at radius 3 is 2.81 bits per heavy atom. The third-order valence-electron chi connectivity index (χ3n) is 4.46. The first-order chi connectivity index (χ1) is 12.7. The normalized spacial score (nSPS) is 17.8. The van der Waals surface area contributed by atoms with Crippen molar-refractivity contribution < 1.29 is 14.5 Å². The van der Waals surface area contributed by atoms with E-state index in [0.717, 1.165) is 24.8 Å². The molecule has 1 fully saturated rings. The van der Waals surface area contributed by atoms with Crippen molar-refractivity contribution in [1.29, 1.82) is 0 Å². The quantitative estimate of drug-likeness (QED) is 0.653. The van der Waals surface area contributed by atoms with E-state index in [4.69, 9.17) is 4.74 Å². The van der Waals surface area contributed by atoms with E-state index in [2.05, 4.69) is 15.3 Å². The van der Waals surface area contributed by atoms with Crippen molar-refractivity contribution in [2.24, 2.45) is 7.05 Å². The largest absolute Gasteiger partial charge is 0.444 e. The molecule has 9 nitrogen and oxygen atoms in total. The van der Waals surface area contributed by atoms with Gasteiger partial charge in [-0.1, -0.05) is 6.07 Å². The molecule has 0 bridgehead atoms. The molecule has 1 saturated heterocycles. The Labute approximate surface area is 157 Å². The van der Waals surface area contributed by atoms with Crippen molar-refractivity contribution in [1.82, 2.24) is 15.1 Å². The van der Waals surface area contributed by atoms with Gasteiger partial charge in [0.15, 0.2) is 5.82 Å². The fourth-order valence-corrected chi connectivity index (χ4v) is 3.44. The molecule has 0 spiro atoms. The van der Waals surface area contributed by atoms with Gasteiger partial charge in [0.25, 0.3) is 5.69 Å². The topological polar surface area (TPSA) is 103 Å². The molecule has 9 heteroatoms. The summed E-state index contributed by atoms with van der Waals surface area (Å²) in [6.07, 6.45) is 1.30. The third-order valence-corrected chi connectivity index (χ3v) is 4.46. The molecule has 1 aromatic carbocycles. The van der Waals surface area contributed by atoms with Crippen LogP contribution in [0.1, 0.15) is 33.6 Å². The van der Waals surface area contributed by atoms with Gasteiger partial charge in [0, 0.05) is 32.2 Å². The summed E-state index contributed by atoms with van der Waals surface area (Å²) in [4.78, 5) is 25.1. The van der Waals surface area contributed by atoms with Gasteiger partial charge in [-0.05, 0) is 39.7 Å². The van der Waals surface area contributed by atoms with Crippen LogP contribution in [-0.4, -0.2) is 45.5 Å². The number of benzene rings is 1. The molecule has 1 N–H and O–H groups in total. The minimum atomic E-state index is -0.547. The molecule has 0 radical (unpaired) electrons. The van der Waals surface area contributed by atoms with Crippen molar-refractivity contribution in [3.05, 3.63) is 28.3 Å². The molecule has 1 atom stereocenters. The smallest absolute Gasteiger partial charge is 0.407 e. The number of nitrogens with one attached hydrogen (secondary N) is 1. The van der Waals surface area contributed by atoms with E-state index in [1.54, 1.807) is 17.8 Å². The van der Waals surface area contributed by atoms with Gasteiger partial charge >= 0.3 is 6.09 Å². The Morgan fingerprint density at radius 2 is 2.15 bits per heavy atom. The van der Waals surface area contributed by atoms with Crippen LogP contribution in [0.3, 0.4) is 0 Å². The van der Waals surface area contributed by atoms with Gasteiger partial charge < -0.3 is 15.0 Å². The zero-order chi connectivity index (χ0) is 19.8. The summed E-state index contributed by atoms with van der Waals surface area (Å²) in [6, 6.07) is 4.93. The van der Waals surface area contributed by atoms with Gasteiger partial charge in [-0.2, -0.15) is 5.10 Å². The van der Waals surface area contributed by atoms with E-state index in [1.165, 1.54) is 6.07 Å². The average molecular weight is 375 g/mol. The lowest BCUT2D eigenvalue weighted by Crippen LogP contribution is -2.49. The Balaban J connectivity index is 1.82. The summed E-state index contributed by atoms with van der Waals surface area (Å²) in [7, 11) is 1.71. The molecule has 146 valence electrons. The number of amides is 1. The second-order valence-electron chi connectivity index (χ2n) is 7.81. The van der Waals surface area contributed by atoms with Crippen molar-refractivity contribution >= 4 is 28.5 Å². The van der Waals surface area contributed by atoms with Crippen LogP contribution in [-0.2, 0) is 11.8 Å². The number of fused-ring (bicyclic) bond motifs is 1. The lowest BCUT2D eigenvalue weighted by atomic mass is 10.1. The Bertz CT molecular complexity index is 870. The lowest BCUT2D eigenvalue weighted by molar-refractivity contribution is -0.383. The number of anilines is 1. The molecule has 2 aromatic rings. The van der Waals surface area contributed by atoms with Gasteiger partial charge in [-0.25, -0.2) is 4.79 Å². The minimum Gasteiger partial charge on any atom is -0.444 e. The van der Waals surface area contributed by atoms with Crippen molar-refractivity contribution in [3.63, 3.8) is 0 Å². The number of nitro benzene ring substituents is 1. The summed E-state index contributed by atoms with van der Waals surface area (Å²) in [5.74, 6) is 0.701. The lowest BCUT2D eigenvalue weighted by Gasteiger charge is -2.33. The number of ether oxygens (including phenoxy) is 1. The first-order valence-corrected chi connectivity index (χ1v) is 9.00. The molecular formula is C18H25N5O4. The Kier molecular flexibility index (Phi) is 4.95. The number of nitrogens with zero attached hydrogens (tertiary/aromatic N) is 4. The monoisotopic (exact) mass is 375 g/mol. The maximum atomic E-state index is 12.1. The van der Waals surface area contributed by atoms with Crippen molar-refractivity contribution in [2.45, 2.75) is 45.3 Å². The number of carbonyl (C=O) groups is 1. The van der Waals surface area contributed by atoms with E-state index in [1.807, 2.05) is 26.8 Å². The summed E-state index contributed by atoms with van der Waals surface area (Å²) in [5, 5.41) is 19.5. The summed E-state index contributed by atoms with van der Waals surface area (Å²) in [5.41, 5.74) is -0.0110. The third kappa shape index (κ3) is 4.12. The molecule has 2 heterocycles. The van der Waals surface area contributed by atoms with Crippen LogP contribution in [0, 0.1) is 10.1 Å². The highest BCUT2D eigenvalue weighted by atomic mass is 16.6. The number of non-ortho nitro benzene ring substituents is 1. The van der Waals surface area contributed by atoms with Crippen LogP contribution in [0.15, 0.2) is 18.2 Å². The molecule has 27 heavy (non-hydrogen) atoms. The van der Waals surface area contributed by atoms with Gasteiger partial charge in [0.05, 0.1) is 10.3 Å². The predicted octanol–water partition coefficient (Wildman–Crippen LogP) is 2.98. The zero-order valence-electron chi connectivity index (χ0n) is 16.1. The number of carbonyl (C=O) groups excluding carboxylic acids is 1. The van der Waals surface area contributed by atoms with E-state index >= 15 is 0 Å². The molecule has 1 aromatic heterocycles. The zero-order valence-corrected chi connectivity index (χ0v) is 16.1. The van der Waals surface area contributed by atoms with E-state index < -0.39 is 16.6 Å². The van der Waals surface area contributed by atoms with Crippen LogP contribution in [0.2, 0.25) is 0 Å². The van der Waals surface area contributed by atoms with Gasteiger partial charge in [-0.3, -0.25) is 14.8 Å². The number of piperidine rings is 1. The number of rotatable bonds is 3. The summed E-state index contributed by atoms with van der Waals surface area (Å²) < 4.78 is 6.88. The van der Waals surface area contributed by atoms with E-state index in [9.17, 15) is 14.9 Å². The fraction of sp³-hybridized carbons (Fsp3) is 0.556. The highest BCUT2D eigenvalue weighted by molar-refractivity contribution is 5.96. The summed E-state index contributed by atoms with van der Waals surface area (Å²) >= 11 is 0. The molecule has 0 aliphatic carbocycles. The van der Waals surface area contributed by atoms with Crippen molar-refractivity contribution in [2.75, 3.05) is 18.0 Å². The predicted molar refractivity (Wildman–Crippen MR) is 102 cm³/mol. The van der Waals surface area contributed by atoms with E-state index in [0.29, 0.717) is 17.9 Å². The minimum absolute atomic E-state index is 0.0363. The number of hydrogen-bond donors (Lipinski definition) is 1. The first-order valence-electron chi connectivity index (χ1n) is 9.00. The van der Waals surface area contributed by atoms with Gasteiger partial charge in [-0.15, -0.1) is 0 Å². The number of aryl methyl sites for hydroxylation is 1. The molecule has 1 aliphatic rings. The van der Waals surface area contributed by atoms with Crippen LogP contribution >= 0.6 is 0 Å². The average Bonchev–Trinajstić information content (AvgIpc) is 2.90. The highest BCUT2D eigenvalue weighted by Crippen LogP contribution is 2.33. The Hall–Kier alpha value is -2.84. The van der Waals surface area contributed by atoms with Crippen LogP contribution in [0.25, 0.3) is 10.9 Å². The highest BCUT2D eigenvalue weighted by Gasteiger charge is 2.28. The van der Waals surface area contributed by atoms with E-state index in [-0.39, 0.29) is 11.7 Å². The van der Waals surface area contributed by atoms with Crippen LogP contribution in [0.4, 0.5) is 16.3 Å². The fourth-order valence-electron chi connectivity index (χ4n) is 3.44. The number of aromatic nitrogens is 2. The van der Waals surface area contributed by atoms with Gasteiger partial charge in [0.2, 0.25) is 0 Å². The molecule has 1 amide bonds. The molecular weight excluding hydrogens is 350 g/mol. The standard InChI is InChI=1S/C18H25N5O4/c1-18(2,3)27-17(24)19-12-7-6-10-22(11-12)16-13-8-5-9-14(23(25)26)15(13)21(4)20-16/h5,8-9,12H,6-7,10-11H2,1-4H3,(H,19,24)/t12-/m1/s1. The van der Waals surface area contributed by atoms with Gasteiger partial charge in [0.1, 0.15) is 11.1 Å². The maximum absolute atomic E-state index is 12.1. The molecule has 3 rings (SSSR count). The number of hydrogen-bond acceptors (Lipinski definition) is 6. The number of alkyl carbamates (subject to hydrolysis) is 1.